The number of amides is 1. The summed E-state index contributed by atoms with van der Waals surface area (Å²) in [6.45, 7) is 0. The van der Waals surface area contributed by atoms with E-state index in [0.29, 0.717) is 28.7 Å². The van der Waals surface area contributed by atoms with Crippen molar-refractivity contribution in [2.24, 2.45) is 5.73 Å². The molecule has 1 aliphatic rings. The number of rotatable bonds is 2. The van der Waals surface area contributed by atoms with E-state index in [1.807, 2.05) is 0 Å². The van der Waals surface area contributed by atoms with Crippen molar-refractivity contribution < 1.29 is 13.2 Å². The van der Waals surface area contributed by atoms with Crippen molar-refractivity contribution in [2.75, 3.05) is 11.1 Å². The second kappa shape index (κ2) is 5.64. The number of carbonyl (C=O) groups excluding carboxylic acids is 1. The number of nitrogens with one attached hydrogen (secondary N) is 2. The quantitative estimate of drug-likeness (QED) is 0.635. The van der Waals surface area contributed by atoms with Crippen LogP contribution in [-0.4, -0.2) is 35.3 Å². The van der Waals surface area contributed by atoms with Gasteiger partial charge in [0.25, 0.3) is 5.91 Å². The molecule has 0 unspecified atom stereocenters. The van der Waals surface area contributed by atoms with Gasteiger partial charge in [0.2, 0.25) is 0 Å². The van der Waals surface area contributed by atoms with Gasteiger partial charge in [-0.15, -0.1) is 0 Å². The van der Waals surface area contributed by atoms with Crippen molar-refractivity contribution in [3.63, 3.8) is 0 Å². The van der Waals surface area contributed by atoms with Gasteiger partial charge in [0.05, 0.1) is 27.9 Å². The van der Waals surface area contributed by atoms with Gasteiger partial charge < -0.3 is 11.1 Å². The molecule has 0 radical (unpaired) electrons. The minimum atomic E-state index is -3.41. The van der Waals surface area contributed by atoms with Crippen LogP contribution in [0.3, 0.4) is 0 Å². The average Bonchev–Trinajstić information content (AvgIpc) is 3.08. The highest BCUT2D eigenvalue weighted by Gasteiger charge is 2.29. The van der Waals surface area contributed by atoms with Gasteiger partial charge in [-0.1, -0.05) is 6.07 Å². The molecule has 1 amide bonds. The topological polar surface area (TPSA) is 131 Å². The van der Waals surface area contributed by atoms with E-state index < -0.39 is 15.7 Å². The van der Waals surface area contributed by atoms with Gasteiger partial charge in [-0.3, -0.25) is 9.89 Å². The van der Waals surface area contributed by atoms with Gasteiger partial charge in [0.15, 0.2) is 15.5 Å². The number of hydrogen-bond donors (Lipinski definition) is 3. The van der Waals surface area contributed by atoms with E-state index in [-0.39, 0.29) is 22.3 Å². The van der Waals surface area contributed by atoms with E-state index in [9.17, 15) is 13.2 Å². The fourth-order valence-electron chi connectivity index (χ4n) is 2.95. The molecule has 8 nitrogen and oxygen atoms in total. The first-order valence-electron chi connectivity index (χ1n) is 7.67. The van der Waals surface area contributed by atoms with Gasteiger partial charge in [0.1, 0.15) is 0 Å². The Morgan fingerprint density at radius 3 is 3.00 bits per heavy atom. The zero-order valence-corrected chi connectivity index (χ0v) is 13.9. The number of carbonyl (C=O) groups is 1. The number of nitrogens with zero attached hydrogens (tertiary/aromatic N) is 2. The van der Waals surface area contributed by atoms with Gasteiger partial charge in [-0.25, -0.2) is 13.4 Å². The van der Waals surface area contributed by atoms with E-state index in [1.165, 1.54) is 6.07 Å². The summed E-state index contributed by atoms with van der Waals surface area (Å²) in [5.41, 5.74) is 7.89. The number of pyridine rings is 1. The molecule has 1 aliphatic heterocycles. The predicted octanol–water partition coefficient (Wildman–Crippen LogP) is 1.39. The maximum Gasteiger partial charge on any atom is 0.255 e. The molecule has 4 rings (SSSR count). The highest BCUT2D eigenvalue weighted by molar-refractivity contribution is 7.91. The second-order valence-electron chi connectivity index (χ2n) is 5.91. The third-order valence-electron chi connectivity index (χ3n) is 4.31. The first-order chi connectivity index (χ1) is 12.0. The Kier molecular flexibility index (Phi) is 3.55. The van der Waals surface area contributed by atoms with Crippen molar-refractivity contribution in [1.82, 2.24) is 15.2 Å². The SMILES string of the molecule is N[C@H]1CCS(=O)(=O)c2cc(C(=O)Nc3ccnc4[nH]ncc34)ccc21. The highest BCUT2D eigenvalue weighted by atomic mass is 32.2. The predicted molar refractivity (Wildman–Crippen MR) is 91.9 cm³/mol. The van der Waals surface area contributed by atoms with Gasteiger partial charge in [-0.2, -0.15) is 5.10 Å². The molecule has 128 valence electrons. The lowest BCUT2D eigenvalue weighted by Crippen LogP contribution is -2.25. The van der Waals surface area contributed by atoms with E-state index >= 15 is 0 Å². The van der Waals surface area contributed by atoms with Crippen LogP contribution in [0.1, 0.15) is 28.4 Å². The monoisotopic (exact) mass is 357 g/mol. The van der Waals surface area contributed by atoms with Crippen molar-refractivity contribution in [3.05, 3.63) is 47.8 Å². The van der Waals surface area contributed by atoms with Crippen LogP contribution in [0.4, 0.5) is 5.69 Å². The number of nitrogens with two attached hydrogens (primary N) is 1. The molecule has 4 N–H and O–H groups in total. The lowest BCUT2D eigenvalue weighted by Gasteiger charge is -2.22. The summed E-state index contributed by atoms with van der Waals surface area (Å²) >= 11 is 0. The maximum atomic E-state index is 12.6. The number of benzene rings is 1. The van der Waals surface area contributed by atoms with Gasteiger partial charge in [-0.05, 0) is 30.2 Å². The number of fused-ring (bicyclic) bond motifs is 2. The lowest BCUT2D eigenvalue weighted by atomic mass is 10.0. The lowest BCUT2D eigenvalue weighted by molar-refractivity contribution is 0.102. The maximum absolute atomic E-state index is 12.6. The van der Waals surface area contributed by atoms with Gasteiger partial charge >= 0.3 is 0 Å². The highest BCUT2D eigenvalue weighted by Crippen LogP contribution is 2.31. The van der Waals surface area contributed by atoms with E-state index in [0.717, 1.165) is 0 Å². The first kappa shape index (κ1) is 15.7. The summed E-state index contributed by atoms with van der Waals surface area (Å²) in [6, 6.07) is 5.92. The van der Waals surface area contributed by atoms with Crippen LogP contribution in [0, 0.1) is 0 Å². The summed E-state index contributed by atoms with van der Waals surface area (Å²) in [5.74, 6) is -0.419. The Labute approximate surface area is 143 Å². The van der Waals surface area contributed by atoms with Crippen LogP contribution in [-0.2, 0) is 9.84 Å². The molecule has 3 aromatic rings. The van der Waals surface area contributed by atoms with Crippen LogP contribution in [0.25, 0.3) is 11.0 Å². The van der Waals surface area contributed by atoms with Crippen LogP contribution in [0.2, 0.25) is 0 Å². The Hall–Kier alpha value is -2.78. The van der Waals surface area contributed by atoms with Crippen LogP contribution < -0.4 is 11.1 Å². The molecule has 1 atom stereocenters. The average molecular weight is 357 g/mol. The third kappa shape index (κ3) is 2.67. The first-order valence-corrected chi connectivity index (χ1v) is 9.33. The largest absolute Gasteiger partial charge is 0.324 e. The zero-order valence-electron chi connectivity index (χ0n) is 13.1. The molecule has 0 saturated heterocycles. The van der Waals surface area contributed by atoms with Gasteiger partial charge in [0, 0.05) is 17.8 Å². The fourth-order valence-corrected chi connectivity index (χ4v) is 4.62. The zero-order chi connectivity index (χ0) is 17.6. The fraction of sp³-hybridized carbons (Fsp3) is 0.188. The molecule has 9 heteroatoms. The summed E-state index contributed by atoms with van der Waals surface area (Å²) < 4.78 is 24.6. The molecule has 25 heavy (non-hydrogen) atoms. The molecule has 0 saturated carbocycles. The van der Waals surface area contributed by atoms with E-state index in [4.69, 9.17) is 5.73 Å². The molecule has 1 aromatic carbocycles. The molecule has 2 aromatic heterocycles. The van der Waals surface area contributed by atoms with Crippen LogP contribution in [0.15, 0.2) is 41.6 Å². The number of H-pyrrole nitrogens is 1. The summed E-state index contributed by atoms with van der Waals surface area (Å²) in [4.78, 5) is 16.8. The second-order valence-corrected chi connectivity index (χ2v) is 7.99. The Morgan fingerprint density at radius 2 is 2.16 bits per heavy atom. The van der Waals surface area contributed by atoms with Crippen molar-refractivity contribution in [3.8, 4) is 0 Å². The Morgan fingerprint density at radius 1 is 1.32 bits per heavy atom. The standard InChI is InChI=1S/C16H15N5O3S/c17-12-4-6-25(23,24)14-7-9(1-2-10(12)14)16(22)20-13-3-5-18-15-11(13)8-19-21-15/h1-3,5,7-8,12H,4,6,17H2,(H2,18,19,20,21,22)/t12-/m0/s1. The molecular formula is C16H15N5O3S. The summed E-state index contributed by atoms with van der Waals surface area (Å²) in [5, 5.41) is 10.1. The summed E-state index contributed by atoms with van der Waals surface area (Å²) in [7, 11) is -3.41. The van der Waals surface area contributed by atoms with Crippen molar-refractivity contribution in [1.29, 1.82) is 0 Å². The molecule has 0 spiro atoms. The van der Waals surface area contributed by atoms with E-state index in [1.54, 1.807) is 30.6 Å². The number of anilines is 1. The minimum absolute atomic E-state index is 0.00770. The normalized spacial score (nSPS) is 18.7. The Bertz CT molecular complexity index is 1090. The molecule has 3 heterocycles. The molecule has 0 fully saturated rings. The third-order valence-corrected chi connectivity index (χ3v) is 6.11. The van der Waals surface area contributed by atoms with Crippen molar-refractivity contribution >= 4 is 32.5 Å². The van der Waals surface area contributed by atoms with Crippen molar-refractivity contribution in [2.45, 2.75) is 17.4 Å². The van der Waals surface area contributed by atoms with Crippen LogP contribution >= 0.6 is 0 Å². The number of sulfone groups is 1. The smallest absolute Gasteiger partial charge is 0.255 e. The van der Waals surface area contributed by atoms with E-state index in [2.05, 4.69) is 20.5 Å². The summed E-state index contributed by atoms with van der Waals surface area (Å²) in [6.07, 6.45) is 3.50. The van der Waals surface area contributed by atoms with Crippen LogP contribution in [0.5, 0.6) is 0 Å². The number of aromatic amines is 1. The number of aromatic nitrogens is 3. The Balaban J connectivity index is 1.71. The number of hydrogen-bond acceptors (Lipinski definition) is 6. The molecule has 0 bridgehead atoms. The molecule has 0 aliphatic carbocycles. The minimum Gasteiger partial charge on any atom is -0.324 e. The molecular weight excluding hydrogens is 342 g/mol.